The molecule has 0 aliphatic heterocycles. The molecule has 0 aliphatic carbocycles. The molecule has 90 valence electrons. The Balaban J connectivity index is 2.22. The van der Waals surface area contributed by atoms with E-state index in [1.54, 1.807) is 6.26 Å². The summed E-state index contributed by atoms with van der Waals surface area (Å²) >= 11 is 9.50. The first-order valence-corrected chi connectivity index (χ1v) is 6.52. The summed E-state index contributed by atoms with van der Waals surface area (Å²) in [6, 6.07) is 9.98. The molecular weight excluding hydrogens is 302 g/mol. The fraction of sp³-hybridized carbons (Fsp3) is 0.231. The first-order chi connectivity index (χ1) is 8.19. The van der Waals surface area contributed by atoms with Gasteiger partial charge in [0.05, 0.1) is 6.26 Å². The standard InChI is InChI=1S/C13H13BrClNO/c1-16-13(8-12-3-2-4-17-12)9-5-10(14)7-11(15)6-9/h2-7,13,16H,8H2,1H3. The highest BCUT2D eigenvalue weighted by molar-refractivity contribution is 9.10. The van der Waals surface area contributed by atoms with Gasteiger partial charge < -0.3 is 9.73 Å². The summed E-state index contributed by atoms with van der Waals surface area (Å²) in [5, 5.41) is 4.00. The van der Waals surface area contributed by atoms with E-state index in [0.717, 1.165) is 27.2 Å². The van der Waals surface area contributed by atoms with E-state index in [1.807, 2.05) is 31.3 Å². The van der Waals surface area contributed by atoms with E-state index in [0.29, 0.717) is 0 Å². The highest BCUT2D eigenvalue weighted by Crippen LogP contribution is 2.25. The van der Waals surface area contributed by atoms with E-state index in [9.17, 15) is 0 Å². The van der Waals surface area contributed by atoms with Crippen molar-refractivity contribution < 1.29 is 4.42 Å². The molecule has 0 amide bonds. The van der Waals surface area contributed by atoms with Crippen molar-refractivity contribution in [3.63, 3.8) is 0 Å². The third-order valence-electron chi connectivity index (χ3n) is 2.62. The zero-order valence-electron chi connectivity index (χ0n) is 9.41. The van der Waals surface area contributed by atoms with Gasteiger partial charge >= 0.3 is 0 Å². The van der Waals surface area contributed by atoms with Gasteiger partial charge in [-0.15, -0.1) is 0 Å². The number of hydrogen-bond donors (Lipinski definition) is 1. The van der Waals surface area contributed by atoms with Crippen LogP contribution in [0.1, 0.15) is 17.4 Å². The third-order valence-corrected chi connectivity index (χ3v) is 3.30. The van der Waals surface area contributed by atoms with Crippen molar-refractivity contribution in [1.29, 1.82) is 0 Å². The minimum Gasteiger partial charge on any atom is -0.469 e. The lowest BCUT2D eigenvalue weighted by atomic mass is 10.0. The maximum Gasteiger partial charge on any atom is 0.105 e. The molecule has 1 N–H and O–H groups in total. The number of likely N-dealkylation sites (N-methyl/N-ethyl adjacent to an activating group) is 1. The SMILES string of the molecule is CNC(Cc1ccco1)c1cc(Cl)cc(Br)c1. The predicted octanol–water partition coefficient (Wildman–Crippen LogP) is 4.20. The Morgan fingerprint density at radius 3 is 2.82 bits per heavy atom. The van der Waals surface area contributed by atoms with E-state index in [2.05, 4.69) is 27.3 Å². The summed E-state index contributed by atoms with van der Waals surface area (Å²) < 4.78 is 6.35. The highest BCUT2D eigenvalue weighted by Gasteiger charge is 2.12. The molecule has 0 saturated carbocycles. The number of halogens is 2. The lowest BCUT2D eigenvalue weighted by Gasteiger charge is -2.16. The molecule has 0 spiro atoms. The molecule has 0 radical (unpaired) electrons. The second-order valence-electron chi connectivity index (χ2n) is 3.83. The summed E-state index contributed by atoms with van der Waals surface area (Å²) in [6.07, 6.45) is 2.49. The second kappa shape index (κ2) is 5.71. The summed E-state index contributed by atoms with van der Waals surface area (Å²) in [4.78, 5) is 0. The predicted molar refractivity (Wildman–Crippen MR) is 73.4 cm³/mol. The van der Waals surface area contributed by atoms with Crippen LogP contribution in [-0.4, -0.2) is 7.05 Å². The van der Waals surface area contributed by atoms with Crippen LogP contribution in [-0.2, 0) is 6.42 Å². The summed E-state index contributed by atoms with van der Waals surface area (Å²) in [6.45, 7) is 0. The third kappa shape index (κ3) is 3.35. The zero-order valence-corrected chi connectivity index (χ0v) is 11.8. The van der Waals surface area contributed by atoms with Crippen molar-refractivity contribution in [2.24, 2.45) is 0 Å². The molecule has 17 heavy (non-hydrogen) atoms. The smallest absolute Gasteiger partial charge is 0.105 e. The minimum absolute atomic E-state index is 0.191. The van der Waals surface area contributed by atoms with Crippen molar-refractivity contribution >= 4 is 27.5 Å². The van der Waals surface area contributed by atoms with Crippen molar-refractivity contribution in [1.82, 2.24) is 5.32 Å². The van der Waals surface area contributed by atoms with Gasteiger partial charge in [-0.2, -0.15) is 0 Å². The van der Waals surface area contributed by atoms with Crippen LogP contribution in [0.3, 0.4) is 0 Å². The number of benzene rings is 1. The van der Waals surface area contributed by atoms with Crippen LogP contribution in [0.25, 0.3) is 0 Å². The van der Waals surface area contributed by atoms with Gasteiger partial charge in [-0.1, -0.05) is 27.5 Å². The lowest BCUT2D eigenvalue weighted by Crippen LogP contribution is -2.18. The van der Waals surface area contributed by atoms with Crippen molar-refractivity contribution in [3.8, 4) is 0 Å². The minimum atomic E-state index is 0.191. The normalized spacial score (nSPS) is 12.6. The molecule has 1 heterocycles. The maximum atomic E-state index is 6.05. The summed E-state index contributed by atoms with van der Waals surface area (Å²) in [7, 11) is 1.93. The monoisotopic (exact) mass is 313 g/mol. The zero-order chi connectivity index (χ0) is 12.3. The molecule has 0 saturated heterocycles. The Bertz CT molecular complexity index is 464. The highest BCUT2D eigenvalue weighted by atomic mass is 79.9. The van der Waals surface area contributed by atoms with Gasteiger partial charge in [0.2, 0.25) is 0 Å². The molecule has 2 aromatic rings. The summed E-state index contributed by atoms with van der Waals surface area (Å²) in [5.41, 5.74) is 1.14. The summed E-state index contributed by atoms with van der Waals surface area (Å²) in [5.74, 6) is 0.959. The van der Waals surface area contributed by atoms with E-state index >= 15 is 0 Å². The molecule has 1 aromatic carbocycles. The average molecular weight is 315 g/mol. The van der Waals surface area contributed by atoms with Gasteiger partial charge in [-0.3, -0.25) is 0 Å². The molecule has 4 heteroatoms. The van der Waals surface area contributed by atoms with Crippen LogP contribution < -0.4 is 5.32 Å². The molecule has 2 nitrogen and oxygen atoms in total. The molecule has 1 unspecified atom stereocenters. The van der Waals surface area contributed by atoms with Gasteiger partial charge in [0.15, 0.2) is 0 Å². The fourth-order valence-electron chi connectivity index (χ4n) is 1.79. The average Bonchev–Trinajstić information content (AvgIpc) is 2.77. The van der Waals surface area contributed by atoms with Crippen molar-refractivity contribution in [3.05, 3.63) is 57.4 Å². The van der Waals surface area contributed by atoms with E-state index < -0.39 is 0 Å². The Morgan fingerprint density at radius 2 is 2.24 bits per heavy atom. The molecular formula is C13H13BrClNO. The van der Waals surface area contributed by atoms with Crippen LogP contribution in [0.15, 0.2) is 45.5 Å². The second-order valence-corrected chi connectivity index (χ2v) is 5.18. The Hall–Kier alpha value is -0.770. The van der Waals surface area contributed by atoms with E-state index in [4.69, 9.17) is 16.0 Å². The van der Waals surface area contributed by atoms with Crippen LogP contribution in [0, 0.1) is 0 Å². The molecule has 0 bridgehead atoms. The largest absolute Gasteiger partial charge is 0.469 e. The van der Waals surface area contributed by atoms with Gasteiger partial charge in [0.25, 0.3) is 0 Å². The van der Waals surface area contributed by atoms with E-state index in [1.165, 1.54) is 0 Å². The Kier molecular flexibility index (Phi) is 4.26. The molecule has 2 rings (SSSR count). The lowest BCUT2D eigenvalue weighted by molar-refractivity contribution is 0.466. The van der Waals surface area contributed by atoms with Gasteiger partial charge in [-0.25, -0.2) is 0 Å². The first-order valence-electron chi connectivity index (χ1n) is 5.34. The van der Waals surface area contributed by atoms with Crippen molar-refractivity contribution in [2.75, 3.05) is 7.05 Å². The molecule has 0 aliphatic rings. The number of furan rings is 1. The van der Waals surface area contributed by atoms with Gasteiger partial charge in [0, 0.05) is 22.0 Å². The van der Waals surface area contributed by atoms with Gasteiger partial charge in [0.1, 0.15) is 5.76 Å². The van der Waals surface area contributed by atoms with Crippen LogP contribution >= 0.6 is 27.5 Å². The fourth-order valence-corrected chi connectivity index (χ4v) is 2.68. The first kappa shape index (κ1) is 12.7. The topological polar surface area (TPSA) is 25.2 Å². The molecule has 1 aromatic heterocycles. The van der Waals surface area contributed by atoms with Crippen LogP contribution in [0.5, 0.6) is 0 Å². The number of hydrogen-bond acceptors (Lipinski definition) is 2. The van der Waals surface area contributed by atoms with Crippen molar-refractivity contribution in [2.45, 2.75) is 12.5 Å². The Labute approximate surface area is 114 Å². The molecule has 1 atom stereocenters. The number of nitrogens with one attached hydrogen (secondary N) is 1. The number of rotatable bonds is 4. The quantitative estimate of drug-likeness (QED) is 0.915. The molecule has 0 fully saturated rings. The van der Waals surface area contributed by atoms with Gasteiger partial charge in [-0.05, 0) is 42.9 Å². The van der Waals surface area contributed by atoms with E-state index in [-0.39, 0.29) is 6.04 Å². The maximum absolute atomic E-state index is 6.05. The van der Waals surface area contributed by atoms with Crippen LogP contribution in [0.4, 0.5) is 0 Å². The Morgan fingerprint density at radius 1 is 1.41 bits per heavy atom. The van der Waals surface area contributed by atoms with Crippen LogP contribution in [0.2, 0.25) is 5.02 Å².